The van der Waals surface area contributed by atoms with Crippen molar-refractivity contribution in [3.8, 4) is 22.1 Å². The van der Waals surface area contributed by atoms with Gasteiger partial charge in [0.25, 0.3) is 0 Å². The number of aromatic nitrogens is 1. The van der Waals surface area contributed by atoms with Gasteiger partial charge >= 0.3 is 12.1 Å². The van der Waals surface area contributed by atoms with Crippen LogP contribution in [0.1, 0.15) is 48.9 Å². The Hall–Kier alpha value is -3.74. The topological polar surface area (TPSA) is 64.1 Å². The highest BCUT2D eigenvalue weighted by molar-refractivity contribution is 7.98. The number of anilines is 1. The van der Waals surface area contributed by atoms with E-state index in [2.05, 4.69) is 34.9 Å². The van der Waals surface area contributed by atoms with Crippen LogP contribution in [-0.4, -0.2) is 61.9 Å². The summed E-state index contributed by atoms with van der Waals surface area (Å²) < 4.78 is 56.2. The minimum Gasteiger partial charge on any atom is -0.497 e. The van der Waals surface area contributed by atoms with Gasteiger partial charge in [0.15, 0.2) is 6.10 Å². The molecule has 0 saturated carbocycles. The molecule has 262 valence electrons. The lowest BCUT2D eigenvalue weighted by atomic mass is 10.1. The molecule has 7 nitrogen and oxygen atoms in total. The molecule has 49 heavy (non-hydrogen) atoms. The standard InChI is InChI=1S/C37H42F3N3O4S2/c1-5-7-27-22-31(16-17-33(27)47-25(3)36(44)46-6-2)48-24-34-32(41-35(49-34)26-8-10-28(11-9-26)37(38,39)40)23-42-18-20-43(21-19-42)29-12-14-30(45-4)15-13-29/h8-17,22,25H,5-7,18-21,23-24H2,1-4H3. The Balaban J connectivity index is 1.32. The second-order valence-corrected chi connectivity index (χ2v) is 13.9. The zero-order chi connectivity index (χ0) is 35.0. The van der Waals surface area contributed by atoms with Gasteiger partial charge in [-0.3, -0.25) is 4.90 Å². The number of esters is 1. The number of thiazole rings is 1. The quantitative estimate of drug-likeness (QED) is 0.0950. The van der Waals surface area contributed by atoms with Crippen molar-refractivity contribution in [2.75, 3.05) is 44.8 Å². The van der Waals surface area contributed by atoms with E-state index in [9.17, 15) is 18.0 Å². The van der Waals surface area contributed by atoms with Crippen molar-refractivity contribution in [3.63, 3.8) is 0 Å². The molecule has 0 radical (unpaired) electrons. The van der Waals surface area contributed by atoms with Crippen LogP contribution >= 0.6 is 23.1 Å². The Morgan fingerprint density at radius 1 is 1.00 bits per heavy atom. The Morgan fingerprint density at radius 3 is 2.35 bits per heavy atom. The van der Waals surface area contributed by atoms with Gasteiger partial charge in [-0.2, -0.15) is 13.2 Å². The van der Waals surface area contributed by atoms with Crippen LogP contribution in [0.4, 0.5) is 18.9 Å². The van der Waals surface area contributed by atoms with Gasteiger partial charge in [0.1, 0.15) is 16.5 Å². The van der Waals surface area contributed by atoms with Crippen LogP contribution in [-0.2, 0) is 34.4 Å². The van der Waals surface area contributed by atoms with Crippen molar-refractivity contribution < 1.29 is 32.2 Å². The molecule has 0 amide bonds. The molecule has 5 rings (SSSR count). The summed E-state index contributed by atoms with van der Waals surface area (Å²) in [6.45, 7) is 9.97. The molecule has 1 fully saturated rings. The van der Waals surface area contributed by atoms with Gasteiger partial charge in [0.2, 0.25) is 0 Å². The van der Waals surface area contributed by atoms with E-state index in [0.717, 1.165) is 83.6 Å². The Kier molecular flexibility index (Phi) is 12.5. The number of piperazine rings is 1. The molecule has 1 saturated heterocycles. The number of hydrogen-bond donors (Lipinski definition) is 0. The first-order valence-electron chi connectivity index (χ1n) is 16.4. The second-order valence-electron chi connectivity index (χ2n) is 11.7. The normalized spacial score (nSPS) is 14.5. The van der Waals surface area contributed by atoms with Gasteiger partial charge in [-0.25, -0.2) is 9.78 Å². The molecule has 3 aromatic carbocycles. The third kappa shape index (κ3) is 9.70. The minimum atomic E-state index is -4.39. The summed E-state index contributed by atoms with van der Waals surface area (Å²) in [5.41, 5.74) is 3.12. The first-order chi connectivity index (χ1) is 23.6. The van der Waals surface area contributed by atoms with Gasteiger partial charge in [-0.1, -0.05) is 25.5 Å². The summed E-state index contributed by atoms with van der Waals surface area (Å²) >= 11 is 3.21. The number of nitrogens with zero attached hydrogens (tertiary/aromatic N) is 3. The van der Waals surface area contributed by atoms with Crippen molar-refractivity contribution >= 4 is 34.8 Å². The average molecular weight is 714 g/mol. The number of thioether (sulfide) groups is 1. The van der Waals surface area contributed by atoms with Crippen LogP contribution in [0.3, 0.4) is 0 Å². The van der Waals surface area contributed by atoms with E-state index in [1.165, 1.54) is 23.5 Å². The van der Waals surface area contributed by atoms with E-state index in [4.69, 9.17) is 19.2 Å². The first-order valence-corrected chi connectivity index (χ1v) is 18.2. The van der Waals surface area contributed by atoms with E-state index in [0.29, 0.717) is 35.2 Å². The van der Waals surface area contributed by atoms with Crippen LogP contribution in [0, 0.1) is 0 Å². The van der Waals surface area contributed by atoms with E-state index in [-0.39, 0.29) is 0 Å². The molecule has 4 aromatic rings. The monoisotopic (exact) mass is 713 g/mol. The maximum atomic E-state index is 13.3. The molecule has 12 heteroatoms. The fraction of sp³-hybridized carbons (Fsp3) is 0.405. The number of methoxy groups -OCH3 is 1. The fourth-order valence-electron chi connectivity index (χ4n) is 5.59. The molecule has 1 unspecified atom stereocenters. The lowest BCUT2D eigenvalue weighted by Crippen LogP contribution is -2.46. The number of alkyl halides is 3. The molecule has 0 spiro atoms. The highest BCUT2D eigenvalue weighted by Crippen LogP contribution is 2.37. The summed E-state index contributed by atoms with van der Waals surface area (Å²) in [5, 5.41) is 0.708. The number of carbonyl (C=O) groups is 1. The zero-order valence-corrected chi connectivity index (χ0v) is 29.9. The number of ether oxygens (including phenoxy) is 3. The molecule has 2 heterocycles. The molecular formula is C37H42F3N3O4S2. The zero-order valence-electron chi connectivity index (χ0n) is 28.2. The molecule has 0 aliphatic carbocycles. The highest BCUT2D eigenvalue weighted by atomic mass is 32.2. The Labute approximate surface area is 294 Å². The molecule has 1 aliphatic rings. The van der Waals surface area contributed by atoms with E-state index < -0.39 is 23.8 Å². The van der Waals surface area contributed by atoms with E-state index in [1.807, 2.05) is 24.3 Å². The van der Waals surface area contributed by atoms with Gasteiger partial charge in [0, 0.05) is 59.5 Å². The molecule has 1 aromatic heterocycles. The number of benzene rings is 3. The summed E-state index contributed by atoms with van der Waals surface area (Å²) in [5.74, 6) is 1.76. The molecule has 0 N–H and O–H groups in total. The number of aryl methyl sites for hydroxylation is 1. The summed E-state index contributed by atoms with van der Waals surface area (Å²) in [7, 11) is 1.66. The lowest BCUT2D eigenvalue weighted by Gasteiger charge is -2.36. The highest BCUT2D eigenvalue weighted by Gasteiger charge is 2.30. The van der Waals surface area contributed by atoms with Crippen LogP contribution < -0.4 is 14.4 Å². The van der Waals surface area contributed by atoms with Crippen molar-refractivity contribution in [2.24, 2.45) is 0 Å². The SMILES string of the molecule is CCCc1cc(SCc2sc(-c3ccc(C(F)(F)F)cc3)nc2CN2CCN(c3ccc(OC)cc3)CC2)ccc1OC(C)C(=O)OCC. The van der Waals surface area contributed by atoms with Crippen LogP contribution in [0.25, 0.3) is 10.6 Å². The average Bonchev–Trinajstić information content (AvgIpc) is 3.50. The number of hydrogen-bond acceptors (Lipinski definition) is 9. The smallest absolute Gasteiger partial charge is 0.416 e. The first kappa shape index (κ1) is 36.5. The van der Waals surface area contributed by atoms with Crippen LogP contribution in [0.2, 0.25) is 0 Å². The predicted molar refractivity (Wildman–Crippen MR) is 190 cm³/mol. The largest absolute Gasteiger partial charge is 0.497 e. The molecular weight excluding hydrogens is 672 g/mol. The van der Waals surface area contributed by atoms with Crippen molar-refractivity contribution in [1.29, 1.82) is 0 Å². The number of rotatable bonds is 14. The van der Waals surface area contributed by atoms with Gasteiger partial charge < -0.3 is 19.1 Å². The second kappa shape index (κ2) is 16.8. The van der Waals surface area contributed by atoms with Crippen LogP contribution in [0.5, 0.6) is 11.5 Å². The maximum Gasteiger partial charge on any atom is 0.416 e. The van der Waals surface area contributed by atoms with E-state index in [1.54, 1.807) is 32.7 Å². The van der Waals surface area contributed by atoms with Gasteiger partial charge in [0.05, 0.1) is 25.0 Å². The minimum absolute atomic E-state index is 0.296. The lowest BCUT2D eigenvalue weighted by molar-refractivity contribution is -0.150. The number of carbonyl (C=O) groups excluding carboxylic acids is 1. The molecule has 1 aliphatic heterocycles. The third-order valence-corrected chi connectivity index (χ3v) is 10.6. The van der Waals surface area contributed by atoms with Crippen LogP contribution in [0.15, 0.2) is 71.6 Å². The van der Waals surface area contributed by atoms with Crippen molar-refractivity contribution in [3.05, 3.63) is 88.4 Å². The fourth-order valence-corrected chi connectivity index (χ4v) is 7.72. The maximum absolute atomic E-state index is 13.3. The van der Waals surface area contributed by atoms with Crippen molar-refractivity contribution in [1.82, 2.24) is 9.88 Å². The summed E-state index contributed by atoms with van der Waals surface area (Å²) in [6, 6.07) is 19.3. The third-order valence-electron chi connectivity index (χ3n) is 8.26. The Morgan fingerprint density at radius 2 is 1.71 bits per heavy atom. The van der Waals surface area contributed by atoms with Gasteiger partial charge in [-0.05, 0) is 80.4 Å². The molecule has 0 bridgehead atoms. The number of halogens is 3. The predicted octanol–water partition coefficient (Wildman–Crippen LogP) is 8.73. The van der Waals surface area contributed by atoms with E-state index >= 15 is 0 Å². The van der Waals surface area contributed by atoms with Gasteiger partial charge in [-0.15, -0.1) is 23.1 Å². The molecule has 1 atom stereocenters. The summed E-state index contributed by atoms with van der Waals surface area (Å²) in [4.78, 5) is 24.0. The van der Waals surface area contributed by atoms with Crippen molar-refractivity contribution in [2.45, 2.75) is 63.1 Å². The Bertz CT molecular complexity index is 1670. The summed E-state index contributed by atoms with van der Waals surface area (Å²) in [6.07, 6.45) is -3.39.